The highest BCUT2D eigenvalue weighted by Gasteiger charge is 2.24. The first-order chi connectivity index (χ1) is 12.1. The molecule has 2 unspecified atom stereocenters. The summed E-state index contributed by atoms with van der Waals surface area (Å²) in [6.45, 7) is 1.36. The normalized spacial score (nSPS) is 21.6. The smallest absolute Gasteiger partial charge is 0.206 e. The van der Waals surface area contributed by atoms with Crippen molar-refractivity contribution in [2.75, 3.05) is 24.7 Å². The van der Waals surface area contributed by atoms with Crippen molar-refractivity contribution in [3.63, 3.8) is 0 Å². The third kappa shape index (κ3) is 4.46. The molecule has 2 aromatic rings. The van der Waals surface area contributed by atoms with Crippen LogP contribution in [-0.2, 0) is 9.84 Å². The van der Waals surface area contributed by atoms with Crippen LogP contribution in [0.3, 0.4) is 0 Å². The molecule has 2 heterocycles. The van der Waals surface area contributed by atoms with Gasteiger partial charge in [-0.1, -0.05) is 0 Å². The molecular weight excluding hydrogens is 376 g/mol. The van der Waals surface area contributed by atoms with Gasteiger partial charge in [0.1, 0.15) is 24.7 Å². The number of thioether (sulfide) groups is 2. The van der Waals surface area contributed by atoms with Gasteiger partial charge in [0.05, 0.1) is 9.79 Å². The lowest BCUT2D eigenvalue weighted by Gasteiger charge is -2.09. The Morgan fingerprint density at radius 2 is 1.12 bits per heavy atom. The van der Waals surface area contributed by atoms with Gasteiger partial charge in [0, 0.05) is 22.0 Å². The minimum Gasteiger partial charge on any atom is -0.492 e. The van der Waals surface area contributed by atoms with Crippen molar-refractivity contribution in [2.24, 2.45) is 0 Å². The third-order valence-electron chi connectivity index (χ3n) is 3.94. The summed E-state index contributed by atoms with van der Waals surface area (Å²) in [5.41, 5.74) is 0. The van der Waals surface area contributed by atoms with E-state index in [1.54, 1.807) is 48.5 Å². The van der Waals surface area contributed by atoms with Crippen LogP contribution in [0.5, 0.6) is 11.5 Å². The van der Waals surface area contributed by atoms with Crippen molar-refractivity contribution >= 4 is 33.4 Å². The second kappa shape index (κ2) is 7.13. The Labute approximate surface area is 156 Å². The molecule has 4 nitrogen and oxygen atoms in total. The molecule has 25 heavy (non-hydrogen) atoms. The topological polar surface area (TPSA) is 52.6 Å². The first-order valence-electron chi connectivity index (χ1n) is 8.05. The molecule has 7 heteroatoms. The maximum atomic E-state index is 12.7. The van der Waals surface area contributed by atoms with E-state index in [4.69, 9.17) is 9.47 Å². The summed E-state index contributed by atoms with van der Waals surface area (Å²) in [6.07, 6.45) is 0. The van der Waals surface area contributed by atoms with Crippen LogP contribution in [0.2, 0.25) is 0 Å². The van der Waals surface area contributed by atoms with Crippen LogP contribution in [0.25, 0.3) is 0 Å². The number of hydrogen-bond acceptors (Lipinski definition) is 6. The maximum Gasteiger partial charge on any atom is 0.206 e. The zero-order chi connectivity index (χ0) is 17.3. The van der Waals surface area contributed by atoms with Gasteiger partial charge in [0.15, 0.2) is 0 Å². The van der Waals surface area contributed by atoms with Crippen molar-refractivity contribution in [1.29, 1.82) is 0 Å². The molecule has 2 saturated heterocycles. The molecule has 0 saturated carbocycles. The van der Waals surface area contributed by atoms with E-state index < -0.39 is 9.84 Å². The summed E-state index contributed by atoms with van der Waals surface area (Å²) in [5, 5.41) is 1.17. The van der Waals surface area contributed by atoms with Crippen molar-refractivity contribution in [2.45, 2.75) is 20.3 Å². The Hall–Kier alpha value is -1.31. The average Bonchev–Trinajstić information content (AvgIpc) is 3.54. The van der Waals surface area contributed by atoms with E-state index in [9.17, 15) is 8.42 Å². The summed E-state index contributed by atoms with van der Waals surface area (Å²) in [5.74, 6) is 3.69. The van der Waals surface area contributed by atoms with E-state index in [1.165, 1.54) is 0 Å². The van der Waals surface area contributed by atoms with Crippen molar-refractivity contribution in [3.05, 3.63) is 48.5 Å². The molecule has 132 valence electrons. The molecule has 0 radical (unpaired) electrons. The van der Waals surface area contributed by atoms with E-state index in [1.807, 2.05) is 23.5 Å². The minimum atomic E-state index is -3.53. The van der Waals surface area contributed by atoms with E-state index >= 15 is 0 Å². The second-order valence-corrected chi connectivity index (χ2v) is 10.6. The third-order valence-corrected chi connectivity index (χ3v) is 7.61. The van der Waals surface area contributed by atoms with Crippen LogP contribution >= 0.6 is 23.5 Å². The van der Waals surface area contributed by atoms with Gasteiger partial charge in [-0.2, -0.15) is 23.5 Å². The van der Waals surface area contributed by atoms with Gasteiger partial charge in [0.25, 0.3) is 0 Å². The van der Waals surface area contributed by atoms with Crippen LogP contribution in [0.4, 0.5) is 0 Å². The van der Waals surface area contributed by atoms with E-state index in [0.717, 1.165) is 11.5 Å². The fraction of sp³-hybridized carbons (Fsp3) is 0.333. The molecule has 4 rings (SSSR count). The first-order valence-corrected chi connectivity index (χ1v) is 11.6. The Balaban J connectivity index is 1.43. The lowest BCUT2D eigenvalue weighted by molar-refractivity contribution is 0.329. The standard InChI is InChI=1S/C18H18O4S3/c19-25(20,17-5-1-13(2-6-17)21-9-15-11-23-15)18-7-3-14(4-8-18)22-10-16-12-24-16/h1-8,15-16H,9-12H2. The van der Waals surface area contributed by atoms with Gasteiger partial charge in [-0.05, 0) is 48.5 Å². The SMILES string of the molecule is O=S(=O)(c1ccc(OCC2CS2)cc1)c1ccc(OCC2CS2)cc1. The van der Waals surface area contributed by atoms with Crippen molar-refractivity contribution in [3.8, 4) is 11.5 Å². The number of benzene rings is 2. The molecule has 0 spiro atoms. The summed E-state index contributed by atoms with van der Waals surface area (Å²) >= 11 is 3.74. The van der Waals surface area contributed by atoms with Gasteiger partial charge in [-0.3, -0.25) is 0 Å². The highest BCUT2D eigenvalue weighted by molar-refractivity contribution is 8.07. The van der Waals surface area contributed by atoms with Gasteiger partial charge in [-0.25, -0.2) is 8.42 Å². The van der Waals surface area contributed by atoms with Crippen LogP contribution in [0.1, 0.15) is 0 Å². The lowest BCUT2D eigenvalue weighted by Crippen LogP contribution is -2.05. The Bertz CT molecular complexity index is 758. The summed E-state index contributed by atoms with van der Waals surface area (Å²) in [4.78, 5) is 0.535. The zero-order valence-electron chi connectivity index (χ0n) is 13.5. The fourth-order valence-electron chi connectivity index (χ4n) is 2.27. The molecule has 0 aliphatic carbocycles. The maximum absolute atomic E-state index is 12.7. The Morgan fingerprint density at radius 1 is 0.760 bits per heavy atom. The van der Waals surface area contributed by atoms with Crippen LogP contribution in [-0.4, -0.2) is 43.6 Å². The number of rotatable bonds is 8. The molecule has 0 bridgehead atoms. The van der Waals surface area contributed by atoms with Crippen LogP contribution in [0, 0.1) is 0 Å². The molecule has 0 amide bonds. The predicted molar refractivity (Wildman–Crippen MR) is 102 cm³/mol. The van der Waals surface area contributed by atoms with Gasteiger partial charge in [-0.15, -0.1) is 0 Å². The molecule has 2 aliphatic heterocycles. The largest absolute Gasteiger partial charge is 0.492 e. The average molecular weight is 395 g/mol. The molecular formula is C18H18O4S3. The molecule has 2 fully saturated rings. The van der Waals surface area contributed by atoms with Gasteiger partial charge >= 0.3 is 0 Å². The molecule has 2 aliphatic rings. The quantitative estimate of drug-likeness (QED) is 0.639. The number of ether oxygens (including phenoxy) is 2. The Morgan fingerprint density at radius 3 is 1.44 bits per heavy atom. The fourth-order valence-corrected chi connectivity index (χ4v) is 4.33. The lowest BCUT2D eigenvalue weighted by atomic mass is 10.3. The predicted octanol–water partition coefficient (Wildman–Crippen LogP) is 3.51. The highest BCUT2D eigenvalue weighted by Crippen LogP contribution is 2.32. The molecule has 2 aromatic carbocycles. The minimum absolute atomic E-state index is 0.267. The van der Waals surface area contributed by atoms with E-state index in [0.29, 0.717) is 35.2 Å². The number of hydrogen-bond donors (Lipinski definition) is 0. The van der Waals surface area contributed by atoms with Crippen molar-refractivity contribution < 1.29 is 17.9 Å². The van der Waals surface area contributed by atoms with Gasteiger partial charge in [0.2, 0.25) is 9.84 Å². The monoisotopic (exact) mass is 394 g/mol. The Kier molecular flexibility index (Phi) is 4.88. The highest BCUT2D eigenvalue weighted by atomic mass is 32.2. The van der Waals surface area contributed by atoms with Gasteiger partial charge < -0.3 is 9.47 Å². The number of sulfone groups is 1. The zero-order valence-corrected chi connectivity index (χ0v) is 15.9. The summed E-state index contributed by atoms with van der Waals surface area (Å²) < 4.78 is 36.7. The van der Waals surface area contributed by atoms with Crippen LogP contribution < -0.4 is 9.47 Å². The first kappa shape index (κ1) is 17.1. The van der Waals surface area contributed by atoms with Crippen molar-refractivity contribution in [1.82, 2.24) is 0 Å². The molecule has 2 atom stereocenters. The van der Waals surface area contributed by atoms with E-state index in [2.05, 4.69) is 0 Å². The van der Waals surface area contributed by atoms with Crippen LogP contribution in [0.15, 0.2) is 58.3 Å². The summed E-state index contributed by atoms with van der Waals surface area (Å²) in [6, 6.07) is 13.2. The second-order valence-electron chi connectivity index (χ2n) is 5.98. The molecule has 0 aromatic heterocycles. The molecule has 0 N–H and O–H groups in total. The summed E-state index contributed by atoms with van der Waals surface area (Å²) in [7, 11) is -3.53. The van der Waals surface area contributed by atoms with E-state index in [-0.39, 0.29) is 9.79 Å².